The minimum atomic E-state index is -1.21. The zero-order chi connectivity index (χ0) is 22.4. The third kappa shape index (κ3) is 4.02. The number of carbonyl (C=O) groups is 1. The normalized spacial score (nSPS) is 45.8. The second-order valence-electron chi connectivity index (χ2n) is 11.8. The number of rotatable bonds is 7. The van der Waals surface area contributed by atoms with Crippen LogP contribution in [0.5, 0.6) is 0 Å². The molecule has 0 heterocycles. The van der Waals surface area contributed by atoms with Crippen molar-refractivity contribution in [2.24, 2.45) is 46.3 Å². The molecule has 4 rings (SSSR count). The molecule has 0 aromatic heterocycles. The Balaban J connectivity index is 1.62. The van der Waals surface area contributed by atoms with Gasteiger partial charge in [-0.05, 0) is 92.3 Å². The number of ether oxygens (including phenoxy) is 2. The number of carbonyl (C=O) groups excluding carboxylic acids is 1. The summed E-state index contributed by atoms with van der Waals surface area (Å²) in [7, 11) is 1.70. The Bertz CT molecular complexity index is 650. The van der Waals surface area contributed by atoms with Gasteiger partial charge in [-0.3, -0.25) is 4.79 Å². The molecule has 2 N–H and O–H groups in total. The van der Waals surface area contributed by atoms with Gasteiger partial charge in [-0.25, -0.2) is 0 Å². The summed E-state index contributed by atoms with van der Waals surface area (Å²) in [6, 6.07) is 0. The van der Waals surface area contributed by atoms with Crippen LogP contribution in [0.2, 0.25) is 0 Å². The summed E-state index contributed by atoms with van der Waals surface area (Å²) in [6.07, 6.45) is 8.83. The van der Waals surface area contributed by atoms with Gasteiger partial charge < -0.3 is 19.7 Å². The number of Topliss-reactive ketones (excluding diaryl/α,β-unsaturated/α-hetero) is 1. The van der Waals surface area contributed by atoms with Crippen molar-refractivity contribution in [3.8, 4) is 0 Å². The fraction of sp³-hybridized carbons (Fsp3) is 0.962. The summed E-state index contributed by atoms with van der Waals surface area (Å²) in [6.45, 7) is 7.58. The zero-order valence-corrected chi connectivity index (χ0v) is 20.0. The highest BCUT2D eigenvalue weighted by Gasteiger charge is 2.64. The molecule has 9 atom stereocenters. The van der Waals surface area contributed by atoms with E-state index in [1.807, 2.05) is 0 Å². The van der Waals surface area contributed by atoms with E-state index in [2.05, 4.69) is 20.8 Å². The Labute approximate surface area is 188 Å². The molecule has 4 aliphatic rings. The van der Waals surface area contributed by atoms with Crippen molar-refractivity contribution < 1.29 is 24.5 Å². The molecule has 0 bridgehead atoms. The molecule has 178 valence electrons. The molecule has 7 unspecified atom stereocenters. The van der Waals surface area contributed by atoms with Crippen molar-refractivity contribution in [3.63, 3.8) is 0 Å². The topological polar surface area (TPSA) is 76.0 Å². The Morgan fingerprint density at radius 2 is 1.87 bits per heavy atom. The van der Waals surface area contributed by atoms with Crippen molar-refractivity contribution >= 4 is 5.78 Å². The van der Waals surface area contributed by atoms with E-state index < -0.39 is 6.29 Å². The summed E-state index contributed by atoms with van der Waals surface area (Å²) in [5.74, 6) is 4.00. The standard InChI is InChI=1S/C26H44O5/c1-16(5-10-24(28)29)20-8-9-21-19-7-6-17-13-18(27)11-12-25(17,2)22(19)14-23(26(20,21)3)31-15-30-4/h16-17,19-24,28-29H,5-15H2,1-4H3/t16-,17?,19?,20?,21?,22?,23+,25?,26?/m1/s1. The zero-order valence-electron chi connectivity index (χ0n) is 20.0. The lowest BCUT2D eigenvalue weighted by atomic mass is 9.43. The van der Waals surface area contributed by atoms with E-state index in [0.29, 0.717) is 48.6 Å². The first kappa shape index (κ1) is 23.7. The summed E-state index contributed by atoms with van der Waals surface area (Å²) in [4.78, 5) is 12.2. The van der Waals surface area contributed by atoms with Crippen LogP contribution in [0.4, 0.5) is 0 Å². The van der Waals surface area contributed by atoms with Gasteiger partial charge in [0.05, 0.1) is 6.10 Å². The van der Waals surface area contributed by atoms with Gasteiger partial charge >= 0.3 is 0 Å². The Kier molecular flexibility index (Phi) is 6.90. The summed E-state index contributed by atoms with van der Waals surface area (Å²) >= 11 is 0. The first-order valence-corrected chi connectivity index (χ1v) is 12.7. The molecule has 0 aromatic carbocycles. The van der Waals surface area contributed by atoms with Crippen LogP contribution < -0.4 is 0 Å². The molecule has 5 heteroatoms. The monoisotopic (exact) mass is 436 g/mol. The molecule has 31 heavy (non-hydrogen) atoms. The average molecular weight is 437 g/mol. The van der Waals surface area contributed by atoms with Gasteiger partial charge in [0.1, 0.15) is 12.6 Å². The van der Waals surface area contributed by atoms with E-state index >= 15 is 0 Å². The van der Waals surface area contributed by atoms with E-state index in [-0.39, 0.29) is 16.9 Å². The van der Waals surface area contributed by atoms with Crippen LogP contribution in [0.1, 0.15) is 85.0 Å². The number of fused-ring (bicyclic) bond motifs is 5. The lowest BCUT2D eigenvalue weighted by Gasteiger charge is -2.62. The van der Waals surface area contributed by atoms with Crippen molar-refractivity contribution in [2.75, 3.05) is 13.9 Å². The molecule has 4 saturated carbocycles. The van der Waals surface area contributed by atoms with Crippen molar-refractivity contribution in [1.29, 1.82) is 0 Å². The van der Waals surface area contributed by atoms with Crippen LogP contribution in [-0.2, 0) is 14.3 Å². The maximum absolute atomic E-state index is 12.2. The van der Waals surface area contributed by atoms with Crippen LogP contribution in [-0.4, -0.2) is 42.3 Å². The van der Waals surface area contributed by atoms with Crippen LogP contribution in [0.15, 0.2) is 0 Å². The predicted molar refractivity (Wildman–Crippen MR) is 119 cm³/mol. The molecule has 0 radical (unpaired) electrons. The second kappa shape index (κ2) is 9.04. The van der Waals surface area contributed by atoms with Crippen molar-refractivity contribution in [1.82, 2.24) is 0 Å². The van der Waals surface area contributed by atoms with E-state index in [4.69, 9.17) is 9.47 Å². The number of methoxy groups -OCH3 is 1. The van der Waals surface area contributed by atoms with E-state index in [1.165, 1.54) is 25.7 Å². The molecular weight excluding hydrogens is 392 g/mol. The fourth-order valence-corrected chi connectivity index (χ4v) is 8.95. The maximum atomic E-state index is 12.2. The van der Waals surface area contributed by atoms with Crippen molar-refractivity contribution in [3.05, 3.63) is 0 Å². The summed E-state index contributed by atoms with van der Waals surface area (Å²) in [5, 5.41) is 18.8. The molecule has 0 spiro atoms. The number of ketones is 1. The number of aliphatic hydroxyl groups is 2. The Morgan fingerprint density at radius 3 is 2.58 bits per heavy atom. The smallest absolute Gasteiger partial charge is 0.151 e. The average Bonchev–Trinajstić information content (AvgIpc) is 3.09. The molecular formula is C26H44O5. The Morgan fingerprint density at radius 1 is 1.10 bits per heavy atom. The van der Waals surface area contributed by atoms with Gasteiger partial charge in [0.15, 0.2) is 6.29 Å². The van der Waals surface area contributed by atoms with Gasteiger partial charge in [0.2, 0.25) is 0 Å². The molecule has 0 saturated heterocycles. The van der Waals surface area contributed by atoms with Gasteiger partial charge in [0.25, 0.3) is 0 Å². The highest BCUT2D eigenvalue weighted by molar-refractivity contribution is 5.79. The highest BCUT2D eigenvalue weighted by Crippen LogP contribution is 2.68. The fourth-order valence-electron chi connectivity index (χ4n) is 8.95. The van der Waals surface area contributed by atoms with Gasteiger partial charge in [-0.2, -0.15) is 0 Å². The largest absolute Gasteiger partial charge is 0.368 e. The van der Waals surface area contributed by atoms with Crippen LogP contribution in [0.3, 0.4) is 0 Å². The SMILES string of the molecule is COCO[C@H]1CC2C(CCC3CC(=O)CCC32C)C2CCC([C@H](C)CCC(O)O)C21C. The summed E-state index contributed by atoms with van der Waals surface area (Å²) in [5.41, 5.74) is 0.366. The molecule has 4 fully saturated rings. The van der Waals surface area contributed by atoms with Crippen LogP contribution in [0, 0.1) is 46.3 Å². The van der Waals surface area contributed by atoms with Gasteiger partial charge in [-0.1, -0.05) is 20.8 Å². The van der Waals surface area contributed by atoms with E-state index in [1.54, 1.807) is 7.11 Å². The van der Waals surface area contributed by atoms with Crippen LogP contribution >= 0.6 is 0 Å². The molecule has 5 nitrogen and oxygen atoms in total. The lowest BCUT2D eigenvalue weighted by Crippen LogP contribution is -2.59. The van der Waals surface area contributed by atoms with Crippen molar-refractivity contribution in [2.45, 2.75) is 97.4 Å². The van der Waals surface area contributed by atoms with E-state index in [9.17, 15) is 15.0 Å². The molecule has 0 aromatic rings. The van der Waals surface area contributed by atoms with E-state index in [0.717, 1.165) is 38.0 Å². The highest BCUT2D eigenvalue weighted by atomic mass is 16.7. The predicted octanol–water partition coefficient (Wildman–Crippen LogP) is 4.54. The number of aliphatic hydroxyl groups excluding tert-OH is 1. The van der Waals surface area contributed by atoms with Gasteiger partial charge in [0, 0.05) is 25.4 Å². The quantitative estimate of drug-likeness (QED) is 0.573. The number of hydrogen-bond donors (Lipinski definition) is 2. The number of hydrogen-bond acceptors (Lipinski definition) is 5. The molecule has 0 amide bonds. The van der Waals surface area contributed by atoms with Crippen LogP contribution in [0.25, 0.3) is 0 Å². The van der Waals surface area contributed by atoms with Gasteiger partial charge in [-0.15, -0.1) is 0 Å². The first-order valence-electron chi connectivity index (χ1n) is 12.7. The Hall–Kier alpha value is -0.490. The third-order valence-corrected chi connectivity index (χ3v) is 10.6. The summed E-state index contributed by atoms with van der Waals surface area (Å²) < 4.78 is 11.8. The second-order valence-corrected chi connectivity index (χ2v) is 11.8. The first-order chi connectivity index (χ1) is 14.7. The third-order valence-electron chi connectivity index (χ3n) is 10.6. The minimum absolute atomic E-state index is 0.104. The maximum Gasteiger partial charge on any atom is 0.151 e. The molecule has 4 aliphatic carbocycles. The molecule has 0 aliphatic heterocycles. The minimum Gasteiger partial charge on any atom is -0.368 e. The lowest BCUT2D eigenvalue weighted by molar-refractivity contribution is -0.208.